The summed E-state index contributed by atoms with van der Waals surface area (Å²) in [6.45, 7) is 2.26. The highest BCUT2D eigenvalue weighted by Crippen LogP contribution is 2.02. The monoisotopic (exact) mass is 242 g/mol. The Hall–Kier alpha value is -1.49. The van der Waals surface area contributed by atoms with E-state index in [1.165, 1.54) is 0 Å². The van der Waals surface area contributed by atoms with Gasteiger partial charge < -0.3 is 10.6 Å². The van der Waals surface area contributed by atoms with Crippen LogP contribution in [0.2, 0.25) is 0 Å². The number of hydrogen-bond acceptors (Lipinski definition) is 2. The van der Waals surface area contributed by atoms with Gasteiger partial charge in [-0.05, 0) is 19.1 Å². The molecule has 0 radical (unpaired) electrons. The SMILES string of the molecule is Cc1ccc(C(=O)NCCNCC(F)F)cc1. The van der Waals surface area contributed by atoms with Crippen molar-refractivity contribution in [3.8, 4) is 0 Å². The zero-order valence-corrected chi connectivity index (χ0v) is 9.67. The van der Waals surface area contributed by atoms with Gasteiger partial charge >= 0.3 is 0 Å². The van der Waals surface area contributed by atoms with Crippen LogP contribution in [0, 0.1) is 6.92 Å². The van der Waals surface area contributed by atoms with Gasteiger partial charge in [0.05, 0.1) is 6.54 Å². The molecule has 2 N–H and O–H groups in total. The van der Waals surface area contributed by atoms with E-state index < -0.39 is 6.43 Å². The van der Waals surface area contributed by atoms with E-state index in [0.717, 1.165) is 5.56 Å². The quantitative estimate of drug-likeness (QED) is 0.744. The van der Waals surface area contributed by atoms with Crippen molar-refractivity contribution in [2.45, 2.75) is 13.3 Å². The van der Waals surface area contributed by atoms with Gasteiger partial charge in [-0.3, -0.25) is 4.79 Å². The zero-order chi connectivity index (χ0) is 12.7. The Morgan fingerprint density at radius 2 is 1.88 bits per heavy atom. The number of alkyl halides is 2. The highest BCUT2D eigenvalue weighted by molar-refractivity contribution is 5.94. The van der Waals surface area contributed by atoms with Crippen LogP contribution in [0.4, 0.5) is 8.78 Å². The number of amides is 1. The molecule has 1 aromatic rings. The third-order valence-corrected chi connectivity index (χ3v) is 2.20. The second-order valence-electron chi connectivity index (χ2n) is 3.72. The van der Waals surface area contributed by atoms with Crippen molar-refractivity contribution in [3.63, 3.8) is 0 Å². The second-order valence-corrected chi connectivity index (χ2v) is 3.72. The average Bonchev–Trinajstić information content (AvgIpc) is 2.29. The van der Waals surface area contributed by atoms with Crippen molar-refractivity contribution in [2.24, 2.45) is 0 Å². The molecule has 0 aliphatic heterocycles. The molecule has 0 unspecified atom stereocenters. The summed E-state index contributed by atoms with van der Waals surface area (Å²) in [5.41, 5.74) is 1.66. The first-order valence-corrected chi connectivity index (χ1v) is 5.43. The van der Waals surface area contributed by atoms with Crippen molar-refractivity contribution in [1.29, 1.82) is 0 Å². The van der Waals surface area contributed by atoms with E-state index >= 15 is 0 Å². The molecule has 0 spiro atoms. The Bertz CT molecular complexity index is 352. The standard InChI is InChI=1S/C12H16F2N2O/c1-9-2-4-10(5-3-9)12(17)16-7-6-15-8-11(13)14/h2-5,11,15H,6-8H2,1H3,(H,16,17). The Morgan fingerprint density at radius 3 is 2.47 bits per heavy atom. The van der Waals surface area contributed by atoms with Gasteiger partial charge in [0.25, 0.3) is 12.3 Å². The van der Waals surface area contributed by atoms with E-state index in [9.17, 15) is 13.6 Å². The third kappa shape index (κ3) is 5.40. The summed E-state index contributed by atoms with van der Waals surface area (Å²) in [6.07, 6.45) is -2.36. The lowest BCUT2D eigenvalue weighted by molar-refractivity contribution is 0.0953. The number of carbonyl (C=O) groups is 1. The minimum Gasteiger partial charge on any atom is -0.351 e. The molecule has 1 rings (SSSR count). The largest absolute Gasteiger partial charge is 0.351 e. The van der Waals surface area contributed by atoms with Crippen molar-refractivity contribution in [2.75, 3.05) is 19.6 Å². The smallest absolute Gasteiger partial charge is 0.251 e. The van der Waals surface area contributed by atoms with E-state index in [2.05, 4.69) is 10.6 Å². The average molecular weight is 242 g/mol. The van der Waals surface area contributed by atoms with Gasteiger partial charge in [0.2, 0.25) is 0 Å². The van der Waals surface area contributed by atoms with E-state index in [1.807, 2.05) is 19.1 Å². The predicted molar refractivity (Wildman–Crippen MR) is 62.4 cm³/mol. The van der Waals surface area contributed by atoms with Crippen molar-refractivity contribution < 1.29 is 13.6 Å². The first-order valence-electron chi connectivity index (χ1n) is 5.43. The molecular weight excluding hydrogens is 226 g/mol. The second kappa shape index (κ2) is 6.96. The first kappa shape index (κ1) is 13.6. The summed E-state index contributed by atoms with van der Waals surface area (Å²) in [5.74, 6) is -0.191. The summed E-state index contributed by atoms with van der Waals surface area (Å²) in [4.78, 5) is 11.6. The maximum absolute atomic E-state index is 11.8. The molecule has 0 saturated carbocycles. The van der Waals surface area contributed by atoms with E-state index in [4.69, 9.17) is 0 Å². The van der Waals surface area contributed by atoms with Crippen LogP contribution in [0.1, 0.15) is 15.9 Å². The number of hydrogen-bond donors (Lipinski definition) is 2. The normalized spacial score (nSPS) is 10.6. The number of halogens is 2. The fourth-order valence-electron chi connectivity index (χ4n) is 1.28. The zero-order valence-electron chi connectivity index (χ0n) is 9.67. The van der Waals surface area contributed by atoms with Gasteiger partial charge in [-0.25, -0.2) is 8.78 Å². The van der Waals surface area contributed by atoms with Gasteiger partial charge in [-0.2, -0.15) is 0 Å². The molecule has 0 heterocycles. The van der Waals surface area contributed by atoms with Crippen LogP contribution >= 0.6 is 0 Å². The van der Waals surface area contributed by atoms with Gasteiger partial charge in [-0.1, -0.05) is 17.7 Å². The Labute approximate surface area is 99.2 Å². The van der Waals surface area contributed by atoms with Crippen LogP contribution < -0.4 is 10.6 Å². The number of rotatable bonds is 6. The number of carbonyl (C=O) groups excluding carboxylic acids is 1. The lowest BCUT2D eigenvalue weighted by Crippen LogP contribution is -2.33. The van der Waals surface area contributed by atoms with Gasteiger partial charge in [-0.15, -0.1) is 0 Å². The molecule has 94 valence electrons. The Balaban J connectivity index is 2.23. The van der Waals surface area contributed by atoms with Gasteiger partial charge in [0, 0.05) is 18.7 Å². The Kier molecular flexibility index (Phi) is 5.56. The lowest BCUT2D eigenvalue weighted by Gasteiger charge is -2.06. The maximum Gasteiger partial charge on any atom is 0.251 e. The highest BCUT2D eigenvalue weighted by atomic mass is 19.3. The Morgan fingerprint density at radius 1 is 1.24 bits per heavy atom. The van der Waals surface area contributed by atoms with Crippen molar-refractivity contribution in [3.05, 3.63) is 35.4 Å². The number of benzene rings is 1. The van der Waals surface area contributed by atoms with E-state index in [0.29, 0.717) is 18.7 Å². The molecule has 1 aromatic carbocycles. The predicted octanol–water partition coefficient (Wildman–Crippen LogP) is 1.58. The first-order chi connectivity index (χ1) is 8.09. The molecular formula is C12H16F2N2O. The lowest BCUT2D eigenvalue weighted by atomic mass is 10.1. The van der Waals surface area contributed by atoms with Gasteiger partial charge in [0.15, 0.2) is 0 Å². The summed E-state index contributed by atoms with van der Waals surface area (Å²) in [5, 5.41) is 5.18. The minimum absolute atomic E-state index is 0.191. The molecule has 5 heteroatoms. The molecule has 0 fully saturated rings. The van der Waals surface area contributed by atoms with E-state index in [-0.39, 0.29) is 12.5 Å². The molecule has 3 nitrogen and oxygen atoms in total. The van der Waals surface area contributed by atoms with E-state index in [1.54, 1.807) is 12.1 Å². The third-order valence-electron chi connectivity index (χ3n) is 2.20. The summed E-state index contributed by atoms with van der Waals surface area (Å²) < 4.78 is 23.5. The molecule has 0 saturated heterocycles. The van der Waals surface area contributed by atoms with Crippen molar-refractivity contribution in [1.82, 2.24) is 10.6 Å². The molecule has 17 heavy (non-hydrogen) atoms. The number of nitrogens with one attached hydrogen (secondary N) is 2. The van der Waals surface area contributed by atoms with Crippen LogP contribution in [-0.2, 0) is 0 Å². The van der Waals surface area contributed by atoms with Crippen LogP contribution in [0.25, 0.3) is 0 Å². The molecule has 0 atom stereocenters. The fourth-order valence-corrected chi connectivity index (χ4v) is 1.28. The molecule has 0 aliphatic carbocycles. The summed E-state index contributed by atoms with van der Waals surface area (Å²) in [7, 11) is 0. The minimum atomic E-state index is -2.36. The van der Waals surface area contributed by atoms with Crippen molar-refractivity contribution >= 4 is 5.91 Å². The summed E-state index contributed by atoms with van der Waals surface area (Å²) >= 11 is 0. The molecule has 0 bridgehead atoms. The van der Waals surface area contributed by atoms with Crippen LogP contribution in [0.15, 0.2) is 24.3 Å². The molecule has 0 aromatic heterocycles. The summed E-state index contributed by atoms with van der Waals surface area (Å²) in [6, 6.07) is 7.17. The molecule has 1 amide bonds. The van der Waals surface area contributed by atoms with Gasteiger partial charge in [0.1, 0.15) is 0 Å². The fraction of sp³-hybridized carbons (Fsp3) is 0.417. The maximum atomic E-state index is 11.8. The molecule has 0 aliphatic rings. The van der Waals surface area contributed by atoms with Crippen LogP contribution in [-0.4, -0.2) is 32.0 Å². The highest BCUT2D eigenvalue weighted by Gasteiger charge is 2.04. The van der Waals surface area contributed by atoms with Crippen LogP contribution in [0.3, 0.4) is 0 Å². The van der Waals surface area contributed by atoms with Crippen LogP contribution in [0.5, 0.6) is 0 Å². The number of aryl methyl sites for hydroxylation is 1. The topological polar surface area (TPSA) is 41.1 Å².